The Morgan fingerprint density at radius 1 is 1.09 bits per heavy atom. The van der Waals surface area contributed by atoms with Crippen molar-refractivity contribution in [3.8, 4) is 5.75 Å². The summed E-state index contributed by atoms with van der Waals surface area (Å²) in [7, 11) is 1.61. The van der Waals surface area contributed by atoms with E-state index in [0.29, 0.717) is 16.5 Å². The molecule has 0 aliphatic carbocycles. The van der Waals surface area contributed by atoms with Crippen molar-refractivity contribution in [1.82, 2.24) is 5.32 Å². The van der Waals surface area contributed by atoms with E-state index in [0.717, 1.165) is 27.5 Å². The molecule has 1 aliphatic rings. The minimum atomic E-state index is -0.238. The molecule has 3 aromatic rings. The van der Waals surface area contributed by atoms with Gasteiger partial charge in [-0.15, -0.1) is 0 Å². The molecule has 32 heavy (non-hydrogen) atoms. The Balaban J connectivity index is 1.52. The molecule has 162 valence electrons. The number of ether oxygens (including phenoxy) is 1. The number of amides is 2. The third-order valence-electron chi connectivity index (χ3n) is 4.93. The molecule has 0 atom stereocenters. The van der Waals surface area contributed by atoms with Crippen molar-refractivity contribution in [2.45, 2.75) is 11.4 Å². The van der Waals surface area contributed by atoms with Gasteiger partial charge in [0.1, 0.15) is 12.3 Å². The van der Waals surface area contributed by atoms with Gasteiger partial charge in [-0.2, -0.15) is 0 Å². The number of nitrogens with one attached hydrogen (secondary N) is 1. The van der Waals surface area contributed by atoms with Crippen molar-refractivity contribution in [2.75, 3.05) is 18.6 Å². The monoisotopic (exact) mass is 464 g/mol. The molecule has 1 N–H and O–H groups in total. The Labute approximate surface area is 196 Å². The van der Waals surface area contributed by atoms with Crippen LogP contribution in [0.2, 0.25) is 5.02 Å². The largest absolute Gasteiger partial charge is 0.497 e. The first-order valence-electron chi connectivity index (χ1n) is 9.99. The predicted octanol–water partition coefficient (Wildman–Crippen LogP) is 5.14. The topological polar surface area (TPSA) is 58.6 Å². The highest BCUT2D eigenvalue weighted by atomic mass is 35.5. The number of para-hydroxylation sites is 1. The fourth-order valence-electron chi connectivity index (χ4n) is 3.31. The van der Waals surface area contributed by atoms with Crippen LogP contribution in [-0.4, -0.2) is 25.5 Å². The van der Waals surface area contributed by atoms with Crippen molar-refractivity contribution < 1.29 is 14.3 Å². The van der Waals surface area contributed by atoms with Crippen molar-refractivity contribution >= 4 is 46.9 Å². The molecular formula is C25H21ClN2O3S. The lowest BCUT2D eigenvalue weighted by molar-refractivity contribution is -0.122. The zero-order valence-corrected chi connectivity index (χ0v) is 19.0. The van der Waals surface area contributed by atoms with Crippen LogP contribution in [0.25, 0.3) is 6.08 Å². The third-order valence-corrected chi connectivity index (χ3v) is 6.24. The van der Waals surface area contributed by atoms with Crippen LogP contribution in [0.15, 0.2) is 82.6 Å². The van der Waals surface area contributed by atoms with Gasteiger partial charge >= 0.3 is 0 Å². The minimum absolute atomic E-state index is 0.0700. The van der Waals surface area contributed by atoms with Crippen LogP contribution in [0.1, 0.15) is 11.1 Å². The van der Waals surface area contributed by atoms with Gasteiger partial charge in [0.15, 0.2) is 0 Å². The summed E-state index contributed by atoms with van der Waals surface area (Å²) in [4.78, 5) is 28.9. The molecule has 0 bridgehead atoms. The first-order valence-corrected chi connectivity index (χ1v) is 11.2. The fraction of sp³-hybridized carbons (Fsp3) is 0.120. The standard InChI is InChI=1S/C25H21ClN2O3S/c1-31-20-11-9-17(10-12-20)15-27-24(29)16-28-21-7-2-3-8-22(21)32-23(25(28)30)14-18-5-4-6-19(26)13-18/h2-14H,15-16H2,1H3,(H,27,29)/b23-14+. The molecule has 1 heterocycles. The summed E-state index contributed by atoms with van der Waals surface area (Å²) in [6.07, 6.45) is 1.80. The molecule has 1 aliphatic heterocycles. The van der Waals surface area contributed by atoms with Crippen LogP contribution in [-0.2, 0) is 16.1 Å². The van der Waals surface area contributed by atoms with Crippen LogP contribution in [0.4, 0.5) is 5.69 Å². The van der Waals surface area contributed by atoms with E-state index in [1.165, 1.54) is 16.7 Å². The Hall–Kier alpha value is -3.22. The van der Waals surface area contributed by atoms with Crippen LogP contribution >= 0.6 is 23.4 Å². The number of nitrogens with zero attached hydrogens (tertiary/aromatic N) is 1. The van der Waals surface area contributed by atoms with E-state index in [1.54, 1.807) is 25.3 Å². The number of hydrogen-bond acceptors (Lipinski definition) is 4. The summed E-state index contributed by atoms with van der Waals surface area (Å²) in [5.74, 6) is 0.304. The van der Waals surface area contributed by atoms with Crippen LogP contribution in [0, 0.1) is 0 Å². The normalized spacial score (nSPS) is 14.2. The second-order valence-corrected chi connectivity index (χ2v) is 8.67. The first-order chi connectivity index (χ1) is 15.5. The molecule has 0 fully saturated rings. The summed E-state index contributed by atoms with van der Waals surface area (Å²) < 4.78 is 5.15. The quantitative estimate of drug-likeness (QED) is 0.513. The average Bonchev–Trinajstić information content (AvgIpc) is 2.81. The smallest absolute Gasteiger partial charge is 0.265 e. The maximum absolute atomic E-state index is 13.3. The van der Waals surface area contributed by atoms with Crippen molar-refractivity contribution in [3.05, 3.63) is 93.9 Å². The van der Waals surface area contributed by atoms with Gasteiger partial charge in [-0.05, 0) is 53.6 Å². The van der Waals surface area contributed by atoms with Crippen LogP contribution in [0.3, 0.4) is 0 Å². The van der Waals surface area contributed by atoms with Crippen LogP contribution in [0.5, 0.6) is 5.75 Å². The number of anilines is 1. The second-order valence-electron chi connectivity index (χ2n) is 7.15. The third kappa shape index (κ3) is 5.15. The number of thioether (sulfide) groups is 1. The fourth-order valence-corrected chi connectivity index (χ4v) is 4.57. The molecule has 4 rings (SSSR count). The molecule has 0 unspecified atom stereocenters. The summed E-state index contributed by atoms with van der Waals surface area (Å²) >= 11 is 7.48. The van der Waals surface area contributed by atoms with E-state index in [4.69, 9.17) is 16.3 Å². The van der Waals surface area contributed by atoms with Gasteiger partial charge in [-0.25, -0.2) is 0 Å². The van der Waals surface area contributed by atoms with Crippen molar-refractivity contribution in [3.63, 3.8) is 0 Å². The molecule has 0 saturated heterocycles. The Kier molecular flexibility index (Phi) is 6.83. The summed E-state index contributed by atoms with van der Waals surface area (Å²) in [5.41, 5.74) is 2.50. The highest BCUT2D eigenvalue weighted by Gasteiger charge is 2.30. The van der Waals surface area contributed by atoms with E-state index < -0.39 is 0 Å². The number of carbonyl (C=O) groups excluding carboxylic acids is 2. The number of hydrogen-bond donors (Lipinski definition) is 1. The van der Waals surface area contributed by atoms with Gasteiger partial charge in [-0.3, -0.25) is 14.5 Å². The molecule has 2 amide bonds. The lowest BCUT2D eigenvalue weighted by Crippen LogP contribution is -2.42. The molecule has 0 radical (unpaired) electrons. The van der Waals surface area contributed by atoms with Crippen molar-refractivity contribution in [1.29, 1.82) is 0 Å². The zero-order valence-electron chi connectivity index (χ0n) is 17.4. The second kappa shape index (κ2) is 9.94. The average molecular weight is 465 g/mol. The summed E-state index contributed by atoms with van der Waals surface area (Å²) in [6.45, 7) is 0.298. The summed E-state index contributed by atoms with van der Waals surface area (Å²) in [6, 6.07) is 22.4. The Morgan fingerprint density at radius 2 is 1.88 bits per heavy atom. The Morgan fingerprint density at radius 3 is 2.62 bits per heavy atom. The predicted molar refractivity (Wildman–Crippen MR) is 129 cm³/mol. The van der Waals surface area contributed by atoms with Gasteiger partial charge in [-0.1, -0.05) is 59.8 Å². The molecule has 5 nitrogen and oxygen atoms in total. The number of halogens is 1. The Bertz CT molecular complexity index is 1180. The van der Waals surface area contributed by atoms with Gasteiger partial charge in [0.05, 0.1) is 17.7 Å². The van der Waals surface area contributed by atoms with Gasteiger partial charge in [0.2, 0.25) is 5.91 Å². The minimum Gasteiger partial charge on any atom is -0.497 e. The van der Waals surface area contributed by atoms with E-state index >= 15 is 0 Å². The van der Waals surface area contributed by atoms with E-state index in [9.17, 15) is 9.59 Å². The first kappa shape index (κ1) is 22.0. The lowest BCUT2D eigenvalue weighted by Gasteiger charge is -2.29. The molecular weight excluding hydrogens is 444 g/mol. The number of fused-ring (bicyclic) bond motifs is 1. The van der Waals surface area contributed by atoms with E-state index in [1.807, 2.05) is 60.7 Å². The highest BCUT2D eigenvalue weighted by Crippen LogP contribution is 2.42. The van der Waals surface area contributed by atoms with Gasteiger partial charge in [0, 0.05) is 16.5 Å². The molecule has 0 saturated carbocycles. The van der Waals surface area contributed by atoms with Gasteiger partial charge < -0.3 is 10.1 Å². The SMILES string of the molecule is COc1ccc(CNC(=O)CN2C(=O)/C(=C\c3cccc(Cl)c3)Sc3ccccc32)cc1. The number of rotatable bonds is 6. The lowest BCUT2D eigenvalue weighted by atomic mass is 10.2. The molecule has 7 heteroatoms. The van der Waals surface area contributed by atoms with E-state index in [2.05, 4.69) is 5.32 Å². The maximum atomic E-state index is 13.3. The maximum Gasteiger partial charge on any atom is 0.265 e. The van der Waals surface area contributed by atoms with Crippen LogP contribution < -0.4 is 15.0 Å². The van der Waals surface area contributed by atoms with Crippen molar-refractivity contribution in [2.24, 2.45) is 0 Å². The highest BCUT2D eigenvalue weighted by molar-refractivity contribution is 8.04. The molecule has 0 spiro atoms. The summed E-state index contributed by atoms with van der Waals surface area (Å²) in [5, 5.41) is 3.49. The van der Waals surface area contributed by atoms with E-state index in [-0.39, 0.29) is 18.4 Å². The van der Waals surface area contributed by atoms with Gasteiger partial charge in [0.25, 0.3) is 5.91 Å². The number of carbonyl (C=O) groups is 2. The number of methoxy groups -OCH3 is 1. The number of benzene rings is 3. The molecule has 3 aromatic carbocycles. The zero-order chi connectivity index (χ0) is 22.5. The molecule has 0 aromatic heterocycles.